The molecular formula is C2H4N2P2. The molecule has 6 heavy (non-hydrogen) atoms. The molecule has 0 aromatic rings. The minimum atomic E-state index is 0.840. The zero-order chi connectivity index (χ0) is 4.41. The average Bonchev–Trinajstić information content (AvgIpc) is 1.31. The number of hydrogen-bond acceptors (Lipinski definition) is 0. The van der Waals surface area contributed by atoms with Gasteiger partial charge < -0.3 is 5.53 Å². The molecule has 32 valence electrons. The molecule has 2 unspecified atom stereocenters. The first-order valence-corrected chi connectivity index (χ1v) is 4.84. The van der Waals surface area contributed by atoms with Gasteiger partial charge in [0.25, 0.3) is 5.45 Å². The van der Waals surface area contributed by atoms with Gasteiger partial charge in [-0.05, 0) is 0 Å². The summed E-state index contributed by atoms with van der Waals surface area (Å²) in [6.45, 7) is 0. The Bertz CT molecular complexity index is 98.1. The zero-order valence-corrected chi connectivity index (χ0v) is 5.10. The first kappa shape index (κ1) is 4.40. The van der Waals surface area contributed by atoms with Crippen LogP contribution in [0, 0.1) is 0 Å². The molecule has 0 radical (unpaired) electrons. The van der Waals surface area contributed by atoms with E-state index in [1.54, 1.807) is 0 Å². The molecule has 2 nitrogen and oxygen atoms in total. The van der Waals surface area contributed by atoms with E-state index < -0.39 is 0 Å². The van der Waals surface area contributed by atoms with Crippen LogP contribution in [0.3, 0.4) is 0 Å². The van der Waals surface area contributed by atoms with Crippen LogP contribution in [0.4, 0.5) is 0 Å². The van der Waals surface area contributed by atoms with Crippen molar-refractivity contribution >= 4 is 22.0 Å². The third-order valence-corrected chi connectivity index (χ3v) is 4.14. The quantitative estimate of drug-likeness (QED) is 0.257. The summed E-state index contributed by atoms with van der Waals surface area (Å²) >= 11 is 0. The molecule has 0 bridgehead atoms. The average molecular weight is 118 g/mol. The van der Waals surface area contributed by atoms with Gasteiger partial charge in [0.05, 0.1) is 6.16 Å². The molecule has 0 aromatic heterocycles. The summed E-state index contributed by atoms with van der Waals surface area (Å²) in [7, 11) is 1.88. The van der Waals surface area contributed by atoms with Gasteiger partial charge in [-0.15, -0.1) is 0 Å². The Hall–Kier alpha value is 0.240. The highest BCUT2D eigenvalue weighted by atomic mass is 32.0. The molecule has 0 saturated carbocycles. The fourth-order valence-corrected chi connectivity index (χ4v) is 1.84. The van der Waals surface area contributed by atoms with Crippen molar-refractivity contribution in [1.82, 2.24) is 0 Å². The SMILES string of the molecule is [N-]=[N+]=C1CPP1. The van der Waals surface area contributed by atoms with E-state index in [9.17, 15) is 0 Å². The second kappa shape index (κ2) is 1.80. The highest BCUT2D eigenvalue weighted by Crippen LogP contribution is 2.48. The molecule has 2 atom stereocenters. The molecule has 1 fully saturated rings. The van der Waals surface area contributed by atoms with Crippen molar-refractivity contribution in [3.05, 3.63) is 5.53 Å². The maximum atomic E-state index is 7.99. The molecule has 0 aromatic carbocycles. The van der Waals surface area contributed by atoms with Gasteiger partial charge in [0.1, 0.15) is 0 Å². The minimum absolute atomic E-state index is 0.840. The summed E-state index contributed by atoms with van der Waals surface area (Å²) in [6, 6.07) is 0. The lowest BCUT2D eigenvalue weighted by molar-refractivity contribution is -0.000368. The monoisotopic (exact) mass is 118 g/mol. The summed E-state index contributed by atoms with van der Waals surface area (Å²) in [5, 5.41) is 0. The third kappa shape index (κ3) is 0.656. The largest absolute Gasteiger partial charge is 0.361 e. The van der Waals surface area contributed by atoms with Crippen LogP contribution in [0.15, 0.2) is 0 Å². The first-order valence-electron chi connectivity index (χ1n) is 1.63. The Labute approximate surface area is 39.4 Å². The summed E-state index contributed by atoms with van der Waals surface area (Å²) in [6.07, 6.45) is 1.05. The highest BCUT2D eigenvalue weighted by molar-refractivity contribution is 8.25. The number of hydrogen-bond donors (Lipinski definition) is 0. The maximum absolute atomic E-state index is 7.99. The van der Waals surface area contributed by atoms with Gasteiger partial charge in [0.15, 0.2) is 0 Å². The Balaban J connectivity index is 2.55. The van der Waals surface area contributed by atoms with E-state index in [1.165, 1.54) is 0 Å². The van der Waals surface area contributed by atoms with Gasteiger partial charge >= 0.3 is 0 Å². The van der Waals surface area contributed by atoms with Crippen LogP contribution in [0.1, 0.15) is 0 Å². The molecule has 4 heteroatoms. The van der Waals surface area contributed by atoms with Crippen molar-refractivity contribution in [1.29, 1.82) is 0 Å². The molecule has 0 spiro atoms. The van der Waals surface area contributed by atoms with E-state index in [0.29, 0.717) is 0 Å². The Morgan fingerprint density at radius 3 is 2.50 bits per heavy atom. The molecule has 1 heterocycles. The highest BCUT2D eigenvalue weighted by Gasteiger charge is 2.16. The van der Waals surface area contributed by atoms with E-state index in [1.807, 2.05) is 0 Å². The molecule has 1 saturated heterocycles. The van der Waals surface area contributed by atoms with Gasteiger partial charge in [-0.1, -0.05) is 8.27 Å². The molecule has 1 aliphatic heterocycles. The second-order valence-corrected chi connectivity index (χ2v) is 4.37. The maximum Gasteiger partial charge on any atom is 0.292 e. The van der Waals surface area contributed by atoms with Gasteiger partial charge in [-0.3, -0.25) is 0 Å². The summed E-state index contributed by atoms with van der Waals surface area (Å²) < 4.78 is 0. The van der Waals surface area contributed by atoms with Crippen molar-refractivity contribution in [3.63, 3.8) is 0 Å². The predicted octanol–water partition coefficient (Wildman–Crippen LogP) is 0.900. The molecule has 1 aliphatic rings. The van der Waals surface area contributed by atoms with E-state index in [4.69, 9.17) is 5.53 Å². The standard InChI is InChI=1S/C2H4N2P2/c3-4-2-1-5-6-2/h5-6H,1H2. The van der Waals surface area contributed by atoms with Crippen molar-refractivity contribution < 1.29 is 4.79 Å². The van der Waals surface area contributed by atoms with Crippen LogP contribution in [-0.2, 0) is 0 Å². The van der Waals surface area contributed by atoms with E-state index in [2.05, 4.69) is 4.79 Å². The van der Waals surface area contributed by atoms with Crippen LogP contribution >= 0.6 is 16.5 Å². The Morgan fingerprint density at radius 2 is 2.50 bits per heavy atom. The van der Waals surface area contributed by atoms with Crippen LogP contribution in [-0.4, -0.2) is 16.4 Å². The first-order chi connectivity index (χ1) is 2.93. The van der Waals surface area contributed by atoms with Crippen LogP contribution in [0.2, 0.25) is 0 Å². The third-order valence-electron chi connectivity index (χ3n) is 0.609. The lowest BCUT2D eigenvalue weighted by atomic mass is 10.9. The molecule has 1 rings (SSSR count). The van der Waals surface area contributed by atoms with Gasteiger partial charge in [-0.25, -0.2) is 0 Å². The summed E-state index contributed by atoms with van der Waals surface area (Å²) in [5.41, 5.74) is 8.98. The lowest BCUT2D eigenvalue weighted by Gasteiger charge is -2.00. The normalized spacial score (nSPS) is 27.0. The van der Waals surface area contributed by atoms with Crippen LogP contribution < -0.4 is 0 Å². The summed E-state index contributed by atoms with van der Waals surface area (Å²) in [4.78, 5) is 3.03. The fraction of sp³-hybridized carbons (Fsp3) is 0.500. The molecule has 0 aliphatic carbocycles. The van der Waals surface area contributed by atoms with Gasteiger partial charge in [0.2, 0.25) is 0 Å². The van der Waals surface area contributed by atoms with E-state index in [0.717, 1.165) is 28.2 Å². The smallest absolute Gasteiger partial charge is 0.292 e. The number of rotatable bonds is 0. The lowest BCUT2D eigenvalue weighted by Crippen LogP contribution is -1.98. The van der Waals surface area contributed by atoms with Crippen LogP contribution in [0.5, 0.6) is 0 Å². The minimum Gasteiger partial charge on any atom is -0.361 e. The van der Waals surface area contributed by atoms with Gasteiger partial charge in [-0.2, -0.15) is 4.79 Å². The molecule has 0 amide bonds. The molecular weight excluding hydrogens is 114 g/mol. The zero-order valence-electron chi connectivity index (χ0n) is 3.10. The van der Waals surface area contributed by atoms with E-state index >= 15 is 0 Å². The van der Waals surface area contributed by atoms with Crippen molar-refractivity contribution in [3.8, 4) is 0 Å². The number of nitrogens with zero attached hydrogens (tertiary/aromatic N) is 2. The molecule has 0 N–H and O–H groups in total. The topological polar surface area (TPSA) is 36.4 Å². The summed E-state index contributed by atoms with van der Waals surface area (Å²) in [5.74, 6) is 0. The second-order valence-electron chi connectivity index (χ2n) is 1.03. The van der Waals surface area contributed by atoms with Crippen molar-refractivity contribution in [2.75, 3.05) is 6.16 Å². The van der Waals surface area contributed by atoms with Crippen molar-refractivity contribution in [2.24, 2.45) is 0 Å². The Kier molecular flexibility index (Phi) is 1.32. The van der Waals surface area contributed by atoms with Crippen molar-refractivity contribution in [2.45, 2.75) is 0 Å². The Morgan fingerprint density at radius 1 is 1.83 bits per heavy atom. The van der Waals surface area contributed by atoms with Crippen LogP contribution in [0.25, 0.3) is 5.53 Å². The van der Waals surface area contributed by atoms with E-state index in [-0.39, 0.29) is 0 Å². The predicted molar refractivity (Wildman–Crippen MR) is 30.1 cm³/mol. The van der Waals surface area contributed by atoms with Gasteiger partial charge in [0, 0.05) is 8.27 Å². The fourth-order valence-electron chi connectivity index (χ4n) is 0.228.